The van der Waals surface area contributed by atoms with Crippen molar-refractivity contribution in [2.24, 2.45) is 5.41 Å². The molecule has 3 rings (SSSR count). The molecule has 0 aromatic carbocycles. The van der Waals surface area contributed by atoms with Crippen LogP contribution in [0.25, 0.3) is 0 Å². The fourth-order valence-corrected chi connectivity index (χ4v) is 2.46. The second-order valence-electron chi connectivity index (χ2n) is 4.54. The van der Waals surface area contributed by atoms with E-state index in [4.69, 9.17) is 5.11 Å². The van der Waals surface area contributed by atoms with Gasteiger partial charge in [0.2, 0.25) is 5.95 Å². The van der Waals surface area contributed by atoms with Crippen LogP contribution in [0.15, 0.2) is 18.5 Å². The van der Waals surface area contributed by atoms with Gasteiger partial charge in [-0.25, -0.2) is 14.8 Å². The maximum atomic E-state index is 10.6. The molecule has 1 amide bonds. The third-order valence-electron chi connectivity index (χ3n) is 3.21. The summed E-state index contributed by atoms with van der Waals surface area (Å²) in [6, 6.07) is 1.79. The van der Waals surface area contributed by atoms with Crippen LogP contribution in [0.4, 0.5) is 10.7 Å². The summed E-state index contributed by atoms with van der Waals surface area (Å²) in [4.78, 5) is 22.5. The molecule has 6 nitrogen and oxygen atoms in total. The van der Waals surface area contributed by atoms with Crippen LogP contribution in [0.5, 0.6) is 0 Å². The number of aromatic nitrogens is 2. The largest absolute Gasteiger partial charge is 0.465 e. The minimum Gasteiger partial charge on any atom is -0.465 e. The van der Waals surface area contributed by atoms with E-state index in [2.05, 4.69) is 14.9 Å². The molecule has 0 radical (unpaired) electrons. The van der Waals surface area contributed by atoms with E-state index in [0.29, 0.717) is 13.1 Å². The van der Waals surface area contributed by atoms with Crippen LogP contribution in [0.2, 0.25) is 0 Å². The number of rotatable bonds is 1. The third-order valence-corrected chi connectivity index (χ3v) is 3.21. The lowest BCUT2D eigenvalue weighted by atomic mass is 9.73. The molecule has 2 aliphatic heterocycles. The SMILES string of the molecule is O=C(O)N1CC2(C1)CN(c1ncccn1)C2. The number of hydrogen-bond donors (Lipinski definition) is 1. The van der Waals surface area contributed by atoms with Crippen molar-refractivity contribution in [2.45, 2.75) is 0 Å². The Hall–Kier alpha value is -1.85. The molecule has 2 saturated heterocycles. The Bertz CT molecular complexity index is 408. The summed E-state index contributed by atoms with van der Waals surface area (Å²) in [5, 5.41) is 8.76. The van der Waals surface area contributed by atoms with Crippen molar-refractivity contribution in [1.29, 1.82) is 0 Å². The van der Waals surface area contributed by atoms with E-state index in [1.54, 1.807) is 18.5 Å². The summed E-state index contributed by atoms with van der Waals surface area (Å²) in [7, 11) is 0. The molecule has 0 saturated carbocycles. The number of amides is 1. The second-order valence-corrected chi connectivity index (χ2v) is 4.54. The molecule has 6 heteroatoms. The van der Waals surface area contributed by atoms with E-state index < -0.39 is 6.09 Å². The van der Waals surface area contributed by atoms with Crippen molar-refractivity contribution in [1.82, 2.24) is 14.9 Å². The zero-order chi connectivity index (χ0) is 11.2. The van der Waals surface area contributed by atoms with Gasteiger partial charge in [0.05, 0.1) is 0 Å². The normalized spacial score (nSPS) is 21.5. The van der Waals surface area contributed by atoms with Crippen molar-refractivity contribution in [3.8, 4) is 0 Å². The molecule has 3 heterocycles. The highest BCUT2D eigenvalue weighted by Crippen LogP contribution is 2.40. The Labute approximate surface area is 92.5 Å². The molecular formula is C10H12N4O2. The average molecular weight is 220 g/mol. The first kappa shape index (κ1) is 9.38. The van der Waals surface area contributed by atoms with E-state index in [0.717, 1.165) is 19.0 Å². The van der Waals surface area contributed by atoms with Crippen LogP contribution in [0.3, 0.4) is 0 Å². The van der Waals surface area contributed by atoms with Gasteiger partial charge in [-0.1, -0.05) is 0 Å². The predicted octanol–water partition coefficient (Wildman–Crippen LogP) is 0.277. The number of hydrogen-bond acceptors (Lipinski definition) is 4. The molecule has 84 valence electrons. The zero-order valence-corrected chi connectivity index (χ0v) is 8.70. The summed E-state index contributed by atoms with van der Waals surface area (Å²) in [6.45, 7) is 3.01. The van der Waals surface area contributed by atoms with E-state index in [-0.39, 0.29) is 5.41 Å². The lowest BCUT2D eigenvalue weighted by Crippen LogP contribution is -2.73. The van der Waals surface area contributed by atoms with Gasteiger partial charge in [0, 0.05) is 44.0 Å². The van der Waals surface area contributed by atoms with Crippen LogP contribution < -0.4 is 4.90 Å². The highest BCUT2D eigenvalue weighted by atomic mass is 16.4. The molecule has 1 aromatic rings. The van der Waals surface area contributed by atoms with Gasteiger partial charge in [-0.3, -0.25) is 0 Å². The maximum Gasteiger partial charge on any atom is 0.407 e. The Kier molecular flexibility index (Phi) is 1.80. The molecule has 0 aliphatic carbocycles. The van der Waals surface area contributed by atoms with Crippen LogP contribution in [0, 0.1) is 5.41 Å². The molecule has 1 aromatic heterocycles. The van der Waals surface area contributed by atoms with Gasteiger partial charge in [0.25, 0.3) is 0 Å². The van der Waals surface area contributed by atoms with Crippen LogP contribution in [0.1, 0.15) is 0 Å². The van der Waals surface area contributed by atoms with Crippen molar-refractivity contribution >= 4 is 12.0 Å². The third kappa shape index (κ3) is 1.30. The smallest absolute Gasteiger partial charge is 0.407 e. The molecule has 1 N–H and O–H groups in total. The summed E-state index contributed by atoms with van der Waals surface area (Å²) in [6.07, 6.45) is 2.62. The van der Waals surface area contributed by atoms with Crippen molar-refractivity contribution in [3.05, 3.63) is 18.5 Å². The predicted molar refractivity (Wildman–Crippen MR) is 56.3 cm³/mol. The van der Waals surface area contributed by atoms with Crippen molar-refractivity contribution in [2.75, 3.05) is 31.1 Å². The van der Waals surface area contributed by atoms with Crippen LogP contribution in [-0.4, -0.2) is 52.2 Å². The van der Waals surface area contributed by atoms with E-state index >= 15 is 0 Å². The standard InChI is InChI=1S/C10H12N4O2/c15-9(16)14-6-10(7-14)4-13(5-10)8-11-2-1-3-12-8/h1-3H,4-7H2,(H,15,16). The summed E-state index contributed by atoms with van der Waals surface area (Å²) in [5.41, 5.74) is 0.164. The topological polar surface area (TPSA) is 69.6 Å². The van der Waals surface area contributed by atoms with Crippen molar-refractivity contribution < 1.29 is 9.90 Å². The van der Waals surface area contributed by atoms with Gasteiger partial charge in [0.1, 0.15) is 0 Å². The molecule has 0 unspecified atom stereocenters. The molecular weight excluding hydrogens is 208 g/mol. The van der Waals surface area contributed by atoms with E-state index in [9.17, 15) is 4.79 Å². The summed E-state index contributed by atoms with van der Waals surface area (Å²) >= 11 is 0. The monoisotopic (exact) mass is 220 g/mol. The molecule has 0 bridgehead atoms. The lowest BCUT2D eigenvalue weighted by molar-refractivity contribution is -0.0101. The molecule has 16 heavy (non-hydrogen) atoms. The number of nitrogens with zero attached hydrogens (tertiary/aromatic N) is 4. The first-order chi connectivity index (χ1) is 7.69. The zero-order valence-electron chi connectivity index (χ0n) is 8.70. The number of likely N-dealkylation sites (tertiary alicyclic amines) is 1. The second kappa shape index (κ2) is 3.07. The van der Waals surface area contributed by atoms with Gasteiger partial charge in [-0.05, 0) is 6.07 Å². The molecule has 2 fully saturated rings. The molecule has 0 atom stereocenters. The van der Waals surface area contributed by atoms with Gasteiger partial charge >= 0.3 is 6.09 Å². The lowest BCUT2D eigenvalue weighted by Gasteiger charge is -2.59. The molecule has 1 spiro atoms. The Balaban J connectivity index is 1.59. The fourth-order valence-electron chi connectivity index (χ4n) is 2.46. The maximum absolute atomic E-state index is 10.6. The van der Waals surface area contributed by atoms with E-state index in [1.165, 1.54) is 4.90 Å². The first-order valence-electron chi connectivity index (χ1n) is 5.18. The Morgan fingerprint density at radius 1 is 1.25 bits per heavy atom. The molecule has 2 aliphatic rings. The Morgan fingerprint density at radius 2 is 1.88 bits per heavy atom. The van der Waals surface area contributed by atoms with Gasteiger partial charge in [-0.2, -0.15) is 0 Å². The first-order valence-corrected chi connectivity index (χ1v) is 5.18. The quantitative estimate of drug-likeness (QED) is 0.736. The van der Waals surface area contributed by atoms with Gasteiger partial charge in [0.15, 0.2) is 0 Å². The fraction of sp³-hybridized carbons (Fsp3) is 0.500. The van der Waals surface area contributed by atoms with Gasteiger partial charge in [-0.15, -0.1) is 0 Å². The average Bonchev–Trinajstić information content (AvgIpc) is 2.14. The van der Waals surface area contributed by atoms with Crippen molar-refractivity contribution in [3.63, 3.8) is 0 Å². The van der Waals surface area contributed by atoms with E-state index in [1.807, 2.05) is 0 Å². The number of anilines is 1. The minimum atomic E-state index is -0.819. The highest BCUT2D eigenvalue weighted by Gasteiger charge is 2.53. The summed E-state index contributed by atoms with van der Waals surface area (Å²) < 4.78 is 0. The van der Waals surface area contributed by atoms with Crippen LogP contribution >= 0.6 is 0 Å². The van der Waals surface area contributed by atoms with Crippen LogP contribution in [-0.2, 0) is 0 Å². The highest BCUT2D eigenvalue weighted by molar-refractivity contribution is 5.67. The summed E-state index contributed by atoms with van der Waals surface area (Å²) in [5.74, 6) is 0.738. The van der Waals surface area contributed by atoms with Gasteiger partial charge < -0.3 is 14.9 Å². The minimum absolute atomic E-state index is 0.164. The Morgan fingerprint density at radius 3 is 2.44 bits per heavy atom. The number of carboxylic acid groups (broad SMARTS) is 1. The number of carbonyl (C=O) groups is 1.